The summed E-state index contributed by atoms with van der Waals surface area (Å²) in [7, 11) is 0. The molecule has 0 bridgehead atoms. The number of pyridine rings is 1. The van der Waals surface area contributed by atoms with E-state index in [1.807, 2.05) is 26.0 Å². The molecule has 0 saturated heterocycles. The molecule has 2 rings (SSSR count). The molecule has 1 N–H and O–H groups in total. The second kappa shape index (κ2) is 6.82. The van der Waals surface area contributed by atoms with E-state index in [-0.39, 0.29) is 11.9 Å². The lowest BCUT2D eigenvalue weighted by Gasteiger charge is -2.19. The summed E-state index contributed by atoms with van der Waals surface area (Å²) < 4.78 is 13.9. The molecular formula is C16H18ClFN2. The largest absolute Gasteiger partial charge is 0.310 e. The predicted octanol–water partition coefficient (Wildman–Crippen LogP) is 4.08. The Kier molecular flexibility index (Phi) is 5.10. The van der Waals surface area contributed by atoms with Crippen molar-refractivity contribution >= 4 is 11.6 Å². The lowest BCUT2D eigenvalue weighted by atomic mass is 9.98. The fraction of sp³-hybridized carbons (Fsp3) is 0.312. The van der Waals surface area contributed by atoms with Crippen molar-refractivity contribution in [3.63, 3.8) is 0 Å². The number of hydrogen-bond acceptors (Lipinski definition) is 2. The summed E-state index contributed by atoms with van der Waals surface area (Å²) in [5, 5.41) is 3.85. The molecule has 0 aliphatic rings. The van der Waals surface area contributed by atoms with Crippen LogP contribution in [0.25, 0.3) is 0 Å². The van der Waals surface area contributed by atoms with Gasteiger partial charge < -0.3 is 5.32 Å². The highest BCUT2D eigenvalue weighted by atomic mass is 35.5. The van der Waals surface area contributed by atoms with Crippen molar-refractivity contribution in [1.82, 2.24) is 10.3 Å². The second-order valence-electron chi connectivity index (χ2n) is 4.75. The summed E-state index contributed by atoms with van der Waals surface area (Å²) in [6.07, 6.45) is 2.29. The molecule has 2 nitrogen and oxygen atoms in total. The van der Waals surface area contributed by atoms with Gasteiger partial charge in [-0.25, -0.2) is 4.39 Å². The lowest BCUT2D eigenvalue weighted by Crippen LogP contribution is -2.23. The van der Waals surface area contributed by atoms with Gasteiger partial charge in [-0.3, -0.25) is 4.98 Å². The number of aromatic nitrogens is 1. The van der Waals surface area contributed by atoms with E-state index >= 15 is 0 Å². The second-order valence-corrected chi connectivity index (χ2v) is 5.15. The van der Waals surface area contributed by atoms with Crippen LogP contribution in [0, 0.1) is 12.7 Å². The first-order valence-corrected chi connectivity index (χ1v) is 7.08. The van der Waals surface area contributed by atoms with Crippen LogP contribution in [0.3, 0.4) is 0 Å². The summed E-state index contributed by atoms with van der Waals surface area (Å²) in [4.78, 5) is 4.20. The van der Waals surface area contributed by atoms with E-state index in [4.69, 9.17) is 11.6 Å². The van der Waals surface area contributed by atoms with Crippen LogP contribution < -0.4 is 5.32 Å². The Morgan fingerprint density at radius 3 is 2.80 bits per heavy atom. The zero-order valence-corrected chi connectivity index (χ0v) is 12.4. The highest BCUT2D eigenvalue weighted by Crippen LogP contribution is 2.26. The standard InChI is InChI=1S/C16H18ClFN2/c1-3-19-16(12-7-8-20-11(2)9-12)10-13-14(17)5-4-6-15(13)18/h4-9,16,19H,3,10H2,1-2H3. The van der Waals surface area contributed by atoms with E-state index in [1.54, 1.807) is 18.3 Å². The molecule has 0 aliphatic heterocycles. The molecule has 1 heterocycles. The van der Waals surface area contributed by atoms with E-state index in [2.05, 4.69) is 10.3 Å². The normalized spacial score (nSPS) is 12.4. The Balaban J connectivity index is 2.30. The van der Waals surface area contributed by atoms with Crippen molar-refractivity contribution in [3.05, 3.63) is 64.2 Å². The number of aryl methyl sites for hydroxylation is 1. The number of likely N-dealkylation sites (N-methyl/N-ethyl adjacent to an activating group) is 1. The Morgan fingerprint density at radius 1 is 1.35 bits per heavy atom. The van der Waals surface area contributed by atoms with Gasteiger partial charge in [-0.15, -0.1) is 0 Å². The van der Waals surface area contributed by atoms with Gasteiger partial charge in [0.05, 0.1) is 0 Å². The summed E-state index contributed by atoms with van der Waals surface area (Å²) in [5.41, 5.74) is 2.60. The Bertz CT molecular complexity index is 566. The van der Waals surface area contributed by atoms with Crippen LogP contribution in [-0.4, -0.2) is 11.5 Å². The van der Waals surface area contributed by atoms with E-state index in [9.17, 15) is 4.39 Å². The summed E-state index contributed by atoms with van der Waals surface area (Å²) >= 11 is 6.11. The molecule has 1 aromatic heterocycles. The Labute approximate surface area is 124 Å². The maximum Gasteiger partial charge on any atom is 0.127 e. The molecule has 0 amide bonds. The van der Waals surface area contributed by atoms with Crippen LogP contribution in [0.2, 0.25) is 5.02 Å². The van der Waals surface area contributed by atoms with Gasteiger partial charge in [0, 0.05) is 28.5 Å². The fourth-order valence-corrected chi connectivity index (χ4v) is 2.51. The predicted molar refractivity (Wildman–Crippen MR) is 80.5 cm³/mol. The smallest absolute Gasteiger partial charge is 0.127 e. The molecule has 2 aromatic rings. The minimum atomic E-state index is -0.258. The van der Waals surface area contributed by atoms with Gasteiger partial charge in [-0.2, -0.15) is 0 Å². The number of hydrogen-bond donors (Lipinski definition) is 1. The first kappa shape index (κ1) is 14.9. The molecule has 4 heteroatoms. The van der Waals surface area contributed by atoms with E-state index in [0.717, 1.165) is 17.8 Å². The number of nitrogens with one attached hydrogen (secondary N) is 1. The molecule has 1 unspecified atom stereocenters. The number of nitrogens with zero attached hydrogens (tertiary/aromatic N) is 1. The summed E-state index contributed by atoms with van der Waals surface area (Å²) in [6.45, 7) is 4.78. The molecule has 0 radical (unpaired) electrons. The van der Waals surface area contributed by atoms with Crippen LogP contribution in [-0.2, 0) is 6.42 Å². The summed E-state index contributed by atoms with van der Waals surface area (Å²) in [5.74, 6) is -0.258. The number of rotatable bonds is 5. The minimum Gasteiger partial charge on any atom is -0.310 e. The Hall–Kier alpha value is -1.45. The van der Waals surface area contributed by atoms with E-state index < -0.39 is 0 Å². The van der Waals surface area contributed by atoms with Gasteiger partial charge in [0.15, 0.2) is 0 Å². The lowest BCUT2D eigenvalue weighted by molar-refractivity contribution is 0.527. The van der Waals surface area contributed by atoms with Crippen LogP contribution in [0.1, 0.15) is 29.8 Å². The van der Waals surface area contributed by atoms with E-state index in [1.165, 1.54) is 6.07 Å². The van der Waals surface area contributed by atoms with Crippen molar-refractivity contribution in [2.24, 2.45) is 0 Å². The van der Waals surface area contributed by atoms with Crippen molar-refractivity contribution in [2.45, 2.75) is 26.3 Å². The van der Waals surface area contributed by atoms with Crippen molar-refractivity contribution in [3.8, 4) is 0 Å². The first-order valence-electron chi connectivity index (χ1n) is 6.70. The zero-order valence-electron chi connectivity index (χ0n) is 11.7. The molecule has 0 saturated carbocycles. The highest BCUT2D eigenvalue weighted by molar-refractivity contribution is 6.31. The summed E-state index contributed by atoms with van der Waals surface area (Å²) in [6, 6.07) is 8.79. The SMILES string of the molecule is CCNC(Cc1c(F)cccc1Cl)c1ccnc(C)c1. The van der Waals surface area contributed by atoms with Gasteiger partial charge in [-0.05, 0) is 49.7 Å². The van der Waals surface area contributed by atoms with Crippen molar-refractivity contribution in [1.29, 1.82) is 0 Å². The van der Waals surface area contributed by atoms with Crippen LogP contribution in [0.15, 0.2) is 36.5 Å². The number of benzene rings is 1. The van der Waals surface area contributed by atoms with Crippen LogP contribution in [0.5, 0.6) is 0 Å². The van der Waals surface area contributed by atoms with Crippen LogP contribution >= 0.6 is 11.6 Å². The van der Waals surface area contributed by atoms with Gasteiger partial charge in [-0.1, -0.05) is 24.6 Å². The minimum absolute atomic E-state index is 0.0242. The Morgan fingerprint density at radius 2 is 2.15 bits per heavy atom. The van der Waals surface area contributed by atoms with Gasteiger partial charge in [0.25, 0.3) is 0 Å². The van der Waals surface area contributed by atoms with Crippen molar-refractivity contribution in [2.75, 3.05) is 6.54 Å². The van der Waals surface area contributed by atoms with Gasteiger partial charge in [0.1, 0.15) is 5.82 Å². The third-order valence-corrected chi connectivity index (χ3v) is 3.60. The molecular weight excluding hydrogens is 275 g/mol. The molecule has 0 fully saturated rings. The third-order valence-electron chi connectivity index (χ3n) is 3.24. The van der Waals surface area contributed by atoms with Gasteiger partial charge >= 0.3 is 0 Å². The van der Waals surface area contributed by atoms with Crippen LogP contribution in [0.4, 0.5) is 4.39 Å². The highest BCUT2D eigenvalue weighted by Gasteiger charge is 2.16. The average Bonchev–Trinajstić information content (AvgIpc) is 2.42. The third kappa shape index (κ3) is 3.56. The molecule has 106 valence electrons. The average molecular weight is 293 g/mol. The monoisotopic (exact) mass is 292 g/mol. The molecule has 1 atom stereocenters. The molecule has 0 aliphatic carbocycles. The maximum absolute atomic E-state index is 13.9. The quantitative estimate of drug-likeness (QED) is 0.898. The van der Waals surface area contributed by atoms with Gasteiger partial charge in [0.2, 0.25) is 0 Å². The van der Waals surface area contributed by atoms with E-state index in [0.29, 0.717) is 17.0 Å². The first-order chi connectivity index (χ1) is 9.61. The molecule has 1 aromatic carbocycles. The molecule has 20 heavy (non-hydrogen) atoms. The zero-order chi connectivity index (χ0) is 14.5. The fourth-order valence-electron chi connectivity index (χ4n) is 2.27. The number of halogens is 2. The topological polar surface area (TPSA) is 24.9 Å². The van der Waals surface area contributed by atoms with Crippen molar-refractivity contribution < 1.29 is 4.39 Å². The molecule has 0 spiro atoms. The maximum atomic E-state index is 13.9.